The summed E-state index contributed by atoms with van der Waals surface area (Å²) < 4.78 is 4.90. The summed E-state index contributed by atoms with van der Waals surface area (Å²) in [4.78, 5) is 111. The number of allylic oxidation sites excluding steroid dienone is 1. The first-order chi connectivity index (χ1) is 27.3. The maximum absolute atomic E-state index is 14.4. The van der Waals surface area contributed by atoms with Gasteiger partial charge in [-0.15, -0.1) is 0 Å². The largest absolute Gasteiger partial charge is 0.478 e. The number of aromatic nitrogens is 1. The van der Waals surface area contributed by atoms with Crippen LogP contribution in [0.25, 0.3) is 0 Å². The number of likely N-dealkylation sites (tertiary alicyclic amines) is 1. The van der Waals surface area contributed by atoms with Crippen molar-refractivity contribution < 1.29 is 48.2 Å². The van der Waals surface area contributed by atoms with E-state index in [9.17, 15) is 43.5 Å². The molecular formula is C41H61N7O10. The van der Waals surface area contributed by atoms with Gasteiger partial charge in [-0.3, -0.25) is 33.8 Å². The molecule has 2 aliphatic rings. The molecule has 5 atom stereocenters. The molecule has 1 saturated heterocycles. The van der Waals surface area contributed by atoms with Crippen molar-refractivity contribution in [1.29, 1.82) is 0 Å². The fourth-order valence-corrected chi connectivity index (χ4v) is 7.37. The number of carbonyl (C=O) groups is 8. The Morgan fingerprint density at radius 3 is 2.21 bits per heavy atom. The van der Waals surface area contributed by atoms with Gasteiger partial charge in [-0.1, -0.05) is 60.0 Å². The van der Waals surface area contributed by atoms with Gasteiger partial charge in [0.25, 0.3) is 5.91 Å². The molecule has 0 spiro atoms. The molecule has 0 unspecified atom stereocenters. The topological polar surface area (TPSA) is 256 Å². The summed E-state index contributed by atoms with van der Waals surface area (Å²) in [5, 5.41) is 20.6. The minimum atomic E-state index is -1.40. The first-order valence-electron chi connectivity index (χ1n) is 20.2. The van der Waals surface area contributed by atoms with Crippen LogP contribution in [0, 0.1) is 17.3 Å². The zero-order valence-corrected chi connectivity index (χ0v) is 34.5. The third kappa shape index (κ3) is 13.6. The lowest BCUT2D eigenvalue weighted by atomic mass is 9.83. The first-order valence-corrected chi connectivity index (χ1v) is 20.2. The molecule has 17 heteroatoms. The average Bonchev–Trinajstić information content (AvgIpc) is 3.66. The molecule has 1 saturated carbocycles. The van der Waals surface area contributed by atoms with Crippen molar-refractivity contribution in [2.45, 2.75) is 136 Å². The van der Waals surface area contributed by atoms with Crippen LogP contribution in [0.2, 0.25) is 0 Å². The minimum Gasteiger partial charge on any atom is -0.478 e. The lowest BCUT2D eigenvalue weighted by Gasteiger charge is -2.36. The average molecular weight is 812 g/mol. The number of hydrogen-bond acceptors (Lipinski definition) is 10. The number of esters is 1. The van der Waals surface area contributed by atoms with Gasteiger partial charge in [0.2, 0.25) is 29.5 Å². The van der Waals surface area contributed by atoms with E-state index in [4.69, 9.17) is 10.5 Å². The second kappa shape index (κ2) is 22.0. The van der Waals surface area contributed by atoms with Gasteiger partial charge in [-0.05, 0) is 75.2 Å². The van der Waals surface area contributed by atoms with Crippen molar-refractivity contribution in [3.8, 4) is 0 Å². The molecule has 1 aromatic heterocycles. The highest BCUT2D eigenvalue weighted by Gasteiger charge is 2.43. The lowest BCUT2D eigenvalue weighted by molar-refractivity contribution is -0.144. The Morgan fingerprint density at radius 1 is 0.931 bits per heavy atom. The number of carboxylic acid groups (broad SMARTS) is 1. The van der Waals surface area contributed by atoms with Gasteiger partial charge in [0.15, 0.2) is 0 Å². The van der Waals surface area contributed by atoms with Crippen LogP contribution in [0.4, 0.5) is 0 Å². The van der Waals surface area contributed by atoms with Gasteiger partial charge in [0.1, 0.15) is 30.2 Å². The number of carboxylic acids is 1. The number of carbonyl (C=O) groups excluding carboxylic acids is 7. The molecule has 320 valence electrons. The number of nitrogens with zero attached hydrogens (tertiary/aromatic N) is 2. The van der Waals surface area contributed by atoms with E-state index in [0.717, 1.165) is 38.3 Å². The van der Waals surface area contributed by atoms with Gasteiger partial charge in [-0.25, -0.2) is 9.59 Å². The second-order valence-corrected chi connectivity index (χ2v) is 16.5. The van der Waals surface area contributed by atoms with Gasteiger partial charge in [-0.2, -0.15) is 0 Å². The zero-order chi connectivity index (χ0) is 43.2. The van der Waals surface area contributed by atoms with E-state index < -0.39 is 83.0 Å². The summed E-state index contributed by atoms with van der Waals surface area (Å²) in [7, 11) is 0. The van der Waals surface area contributed by atoms with Crippen molar-refractivity contribution in [3.05, 3.63) is 41.7 Å². The quantitative estimate of drug-likeness (QED) is 0.0874. The van der Waals surface area contributed by atoms with Crippen LogP contribution in [-0.4, -0.2) is 106 Å². The van der Waals surface area contributed by atoms with Crippen LogP contribution in [0.5, 0.6) is 0 Å². The summed E-state index contributed by atoms with van der Waals surface area (Å²) in [6, 6.07) is -4.12. The van der Waals surface area contributed by atoms with Crippen molar-refractivity contribution in [2.24, 2.45) is 23.0 Å². The SMILES string of the molecule is CCOC(=O)/C=C/CC[C@H](NC(=O)c1ccncc1C(=O)O)C(=O)N[C@H](C(=O)N1CCC[C@H]1C(=O)N[C@@H](CC(C)C)C(=O)N[C@H](C(N)=O)C1CCCCC1)C(C)(C)C. The van der Waals surface area contributed by atoms with Crippen molar-refractivity contribution in [2.75, 3.05) is 13.2 Å². The number of pyridine rings is 1. The number of aromatic carboxylic acids is 1. The molecule has 1 aliphatic carbocycles. The summed E-state index contributed by atoms with van der Waals surface area (Å²) >= 11 is 0. The Labute approximate surface area is 340 Å². The van der Waals surface area contributed by atoms with E-state index in [-0.39, 0.29) is 55.4 Å². The molecule has 7 N–H and O–H groups in total. The second-order valence-electron chi connectivity index (χ2n) is 16.5. The predicted octanol–water partition coefficient (Wildman–Crippen LogP) is 2.38. The third-order valence-corrected chi connectivity index (χ3v) is 10.4. The Kier molecular flexibility index (Phi) is 17.8. The van der Waals surface area contributed by atoms with Crippen LogP contribution >= 0.6 is 0 Å². The molecule has 2 heterocycles. The van der Waals surface area contributed by atoms with Gasteiger partial charge >= 0.3 is 11.9 Å². The minimum absolute atomic E-state index is 0.0112. The highest BCUT2D eigenvalue weighted by atomic mass is 16.5. The van der Waals surface area contributed by atoms with E-state index in [0.29, 0.717) is 12.8 Å². The Bertz CT molecular complexity index is 1680. The highest BCUT2D eigenvalue weighted by molar-refractivity contribution is 6.06. The number of ether oxygens (including phenoxy) is 1. The number of rotatable bonds is 19. The van der Waals surface area contributed by atoms with Gasteiger partial charge in [0.05, 0.1) is 17.7 Å². The third-order valence-electron chi connectivity index (χ3n) is 10.4. The fourth-order valence-electron chi connectivity index (χ4n) is 7.37. The molecular weight excluding hydrogens is 750 g/mol. The zero-order valence-electron chi connectivity index (χ0n) is 34.5. The van der Waals surface area contributed by atoms with E-state index in [1.165, 1.54) is 29.3 Å². The van der Waals surface area contributed by atoms with E-state index >= 15 is 0 Å². The molecule has 17 nitrogen and oxygen atoms in total. The smallest absolute Gasteiger partial charge is 0.338 e. The predicted molar refractivity (Wildman–Crippen MR) is 213 cm³/mol. The molecule has 1 aliphatic heterocycles. The summed E-state index contributed by atoms with van der Waals surface area (Å²) in [6.45, 7) is 11.0. The van der Waals surface area contributed by atoms with Crippen LogP contribution in [0.3, 0.4) is 0 Å². The van der Waals surface area contributed by atoms with Crippen LogP contribution < -0.4 is 27.0 Å². The number of nitrogens with two attached hydrogens (primary N) is 1. The molecule has 3 rings (SSSR count). The molecule has 0 bridgehead atoms. The number of primary amides is 1. The van der Waals surface area contributed by atoms with Crippen LogP contribution in [0.1, 0.15) is 126 Å². The molecule has 0 aromatic carbocycles. The summed E-state index contributed by atoms with van der Waals surface area (Å²) in [5.74, 6) is -5.98. The number of hydrogen-bond donors (Lipinski definition) is 6. The van der Waals surface area contributed by atoms with Gasteiger partial charge in [0, 0.05) is 25.0 Å². The van der Waals surface area contributed by atoms with E-state index in [1.807, 2.05) is 13.8 Å². The number of amides is 6. The molecule has 58 heavy (non-hydrogen) atoms. The van der Waals surface area contributed by atoms with Crippen molar-refractivity contribution >= 4 is 47.4 Å². The van der Waals surface area contributed by atoms with E-state index in [1.54, 1.807) is 27.7 Å². The normalized spacial score (nSPS) is 18.1. The number of nitrogens with one attached hydrogen (secondary N) is 4. The monoisotopic (exact) mass is 811 g/mol. The van der Waals surface area contributed by atoms with E-state index in [2.05, 4.69) is 26.3 Å². The van der Waals surface area contributed by atoms with Crippen LogP contribution in [0.15, 0.2) is 30.6 Å². The van der Waals surface area contributed by atoms with Crippen molar-refractivity contribution in [3.63, 3.8) is 0 Å². The Morgan fingerprint density at radius 2 is 1.60 bits per heavy atom. The van der Waals surface area contributed by atoms with Crippen molar-refractivity contribution in [1.82, 2.24) is 31.2 Å². The Balaban J connectivity index is 1.83. The highest BCUT2D eigenvalue weighted by Crippen LogP contribution is 2.28. The first kappa shape index (κ1) is 47.0. The molecule has 6 amide bonds. The van der Waals surface area contributed by atoms with Crippen LogP contribution in [-0.2, 0) is 33.5 Å². The summed E-state index contributed by atoms with van der Waals surface area (Å²) in [6.07, 6.45) is 10.5. The maximum atomic E-state index is 14.4. The lowest BCUT2D eigenvalue weighted by Crippen LogP contribution is -2.61. The van der Waals surface area contributed by atoms with Gasteiger partial charge < -0.3 is 41.7 Å². The standard InChI is InChI=1S/C41H61N7O10/c1-7-58-31(49)18-12-11-16-28(44-35(51)26-19-20-43-23-27(26)40(56)57)36(52)47-33(41(4,5)6)39(55)48-21-13-17-30(48)38(54)45-29(22-24(2)3)37(53)46-32(34(42)50)25-14-9-8-10-15-25/h12,18-20,23-25,28-30,32-33H,7-11,13-17,21-22H2,1-6H3,(H2,42,50)(H,44,51)(H,45,54)(H,46,53)(H,47,52)(H,56,57)/b18-12+/t28-,29-,30-,32-,33+/m0/s1. The Hall–Kier alpha value is -5.35. The fraction of sp³-hybridized carbons (Fsp3) is 0.634. The molecule has 1 aromatic rings. The molecule has 0 radical (unpaired) electrons. The maximum Gasteiger partial charge on any atom is 0.338 e. The molecule has 2 fully saturated rings. The summed E-state index contributed by atoms with van der Waals surface area (Å²) in [5.41, 5.74) is 4.20.